The first-order valence-corrected chi connectivity index (χ1v) is 7.73. The minimum Gasteiger partial charge on any atom is -0.465 e. The molecule has 2 aromatic carbocycles. The van der Waals surface area contributed by atoms with Crippen molar-refractivity contribution in [3.8, 4) is 0 Å². The minimum absolute atomic E-state index is 0.150. The molecule has 2 N–H and O–H groups in total. The van der Waals surface area contributed by atoms with Crippen LogP contribution < -0.4 is 10.6 Å². The third-order valence-electron chi connectivity index (χ3n) is 3.71. The first-order valence-electron chi connectivity index (χ1n) is 7.73. The van der Waals surface area contributed by atoms with Gasteiger partial charge >= 0.3 is 5.97 Å². The molecule has 2 rings (SSSR count). The van der Waals surface area contributed by atoms with E-state index in [4.69, 9.17) is 4.74 Å². The highest BCUT2D eigenvalue weighted by Crippen LogP contribution is 2.19. The Morgan fingerprint density at radius 2 is 1.83 bits per heavy atom. The minimum atomic E-state index is -0.461. The number of amides is 1. The molecular weight excluding hydrogens is 304 g/mol. The van der Waals surface area contributed by atoms with E-state index in [9.17, 15) is 9.59 Å². The van der Waals surface area contributed by atoms with Crippen molar-refractivity contribution in [2.45, 2.75) is 26.8 Å². The maximum Gasteiger partial charge on any atom is 0.337 e. The van der Waals surface area contributed by atoms with Gasteiger partial charge in [0, 0.05) is 11.4 Å². The zero-order valence-corrected chi connectivity index (χ0v) is 14.3. The fourth-order valence-corrected chi connectivity index (χ4v) is 2.29. The second-order valence-corrected chi connectivity index (χ2v) is 5.75. The van der Waals surface area contributed by atoms with Crippen LogP contribution in [0.15, 0.2) is 42.5 Å². The molecule has 1 atom stereocenters. The van der Waals surface area contributed by atoms with E-state index in [1.54, 1.807) is 19.1 Å². The smallest absolute Gasteiger partial charge is 0.337 e. The predicted molar refractivity (Wildman–Crippen MR) is 95.4 cm³/mol. The third-order valence-corrected chi connectivity index (χ3v) is 3.71. The van der Waals surface area contributed by atoms with Crippen LogP contribution in [0, 0.1) is 13.8 Å². The molecule has 0 bridgehead atoms. The fraction of sp³-hybridized carbons (Fsp3) is 0.263. The SMILES string of the molecule is COC(=O)c1ccc(C)c(N[C@@H](C)C(=O)Nc2cccc(C)c2)c1. The number of rotatable bonds is 5. The van der Waals surface area contributed by atoms with Gasteiger partial charge in [0.15, 0.2) is 0 Å². The summed E-state index contributed by atoms with van der Waals surface area (Å²) in [5.74, 6) is -0.557. The van der Waals surface area contributed by atoms with Crippen molar-refractivity contribution >= 4 is 23.3 Å². The molecule has 0 aromatic heterocycles. The number of ether oxygens (including phenoxy) is 1. The van der Waals surface area contributed by atoms with E-state index in [2.05, 4.69) is 10.6 Å². The van der Waals surface area contributed by atoms with Gasteiger partial charge in [-0.15, -0.1) is 0 Å². The standard InChI is InChI=1S/C19H22N2O3/c1-12-6-5-7-16(10-12)21-18(22)14(3)20-17-11-15(19(23)24-4)9-8-13(17)2/h5-11,14,20H,1-4H3,(H,21,22)/t14-/m0/s1. The Balaban J connectivity index is 2.09. The zero-order valence-electron chi connectivity index (χ0n) is 14.3. The molecule has 5 nitrogen and oxygen atoms in total. The van der Waals surface area contributed by atoms with Crippen LogP contribution in [0.25, 0.3) is 0 Å². The second-order valence-electron chi connectivity index (χ2n) is 5.75. The number of esters is 1. The van der Waals surface area contributed by atoms with Crippen LogP contribution >= 0.6 is 0 Å². The number of hydrogen-bond donors (Lipinski definition) is 2. The van der Waals surface area contributed by atoms with E-state index < -0.39 is 12.0 Å². The van der Waals surface area contributed by atoms with Gasteiger partial charge in [-0.25, -0.2) is 4.79 Å². The van der Waals surface area contributed by atoms with Crippen LogP contribution in [0.1, 0.15) is 28.4 Å². The number of aryl methyl sites for hydroxylation is 2. The first kappa shape index (κ1) is 17.5. The van der Waals surface area contributed by atoms with Crippen molar-refractivity contribution in [2.75, 3.05) is 17.7 Å². The summed E-state index contributed by atoms with van der Waals surface area (Å²) in [7, 11) is 1.34. The van der Waals surface area contributed by atoms with Gasteiger partial charge in [0.2, 0.25) is 5.91 Å². The van der Waals surface area contributed by atoms with E-state index in [1.165, 1.54) is 7.11 Å². The zero-order chi connectivity index (χ0) is 17.7. The lowest BCUT2D eigenvalue weighted by Crippen LogP contribution is -2.32. The molecule has 0 aliphatic rings. The van der Waals surface area contributed by atoms with E-state index in [0.717, 1.165) is 22.5 Å². The normalized spacial score (nSPS) is 11.5. The summed E-state index contributed by atoms with van der Waals surface area (Å²) in [5, 5.41) is 6.02. The summed E-state index contributed by atoms with van der Waals surface area (Å²) in [6.07, 6.45) is 0. The number of carbonyl (C=O) groups excluding carboxylic acids is 2. The van der Waals surface area contributed by atoms with Gasteiger partial charge in [-0.05, 0) is 56.2 Å². The van der Waals surface area contributed by atoms with Crippen LogP contribution in [0.3, 0.4) is 0 Å². The molecule has 5 heteroatoms. The summed E-state index contributed by atoms with van der Waals surface area (Å²) >= 11 is 0. The Bertz CT molecular complexity index is 756. The van der Waals surface area contributed by atoms with Crippen LogP contribution in [0.4, 0.5) is 11.4 Å². The van der Waals surface area contributed by atoms with Gasteiger partial charge in [-0.2, -0.15) is 0 Å². The van der Waals surface area contributed by atoms with E-state index in [-0.39, 0.29) is 5.91 Å². The molecule has 0 aliphatic heterocycles. The molecule has 24 heavy (non-hydrogen) atoms. The average molecular weight is 326 g/mol. The Kier molecular flexibility index (Phi) is 5.58. The van der Waals surface area contributed by atoms with E-state index >= 15 is 0 Å². The number of anilines is 2. The van der Waals surface area contributed by atoms with Crippen LogP contribution in [0.5, 0.6) is 0 Å². The van der Waals surface area contributed by atoms with E-state index in [0.29, 0.717) is 5.56 Å². The van der Waals surface area contributed by atoms with Gasteiger partial charge in [-0.3, -0.25) is 4.79 Å². The summed E-state index contributed by atoms with van der Waals surface area (Å²) in [5.41, 5.74) is 3.95. The lowest BCUT2D eigenvalue weighted by atomic mass is 10.1. The van der Waals surface area contributed by atoms with Gasteiger partial charge in [-0.1, -0.05) is 18.2 Å². The second kappa shape index (κ2) is 7.64. The van der Waals surface area contributed by atoms with Gasteiger partial charge in [0.25, 0.3) is 0 Å². The Labute approximate surface area is 142 Å². The summed E-state index contributed by atoms with van der Waals surface area (Å²) in [4.78, 5) is 24.0. The lowest BCUT2D eigenvalue weighted by molar-refractivity contribution is -0.116. The highest BCUT2D eigenvalue weighted by Gasteiger charge is 2.15. The fourth-order valence-electron chi connectivity index (χ4n) is 2.29. The molecule has 0 aliphatic carbocycles. The molecule has 0 saturated carbocycles. The molecule has 0 fully saturated rings. The lowest BCUT2D eigenvalue weighted by Gasteiger charge is -2.17. The topological polar surface area (TPSA) is 67.4 Å². The highest BCUT2D eigenvalue weighted by molar-refractivity contribution is 5.97. The summed E-state index contributed by atoms with van der Waals surface area (Å²) in [6.45, 7) is 5.66. The molecule has 126 valence electrons. The van der Waals surface area contributed by atoms with Crippen LogP contribution in [-0.2, 0) is 9.53 Å². The molecule has 0 unspecified atom stereocenters. The highest BCUT2D eigenvalue weighted by atomic mass is 16.5. The molecule has 0 spiro atoms. The van der Waals surface area contributed by atoms with Gasteiger partial charge in [0.05, 0.1) is 12.7 Å². The van der Waals surface area contributed by atoms with Crippen molar-refractivity contribution in [3.63, 3.8) is 0 Å². The van der Waals surface area contributed by atoms with Gasteiger partial charge < -0.3 is 15.4 Å². The van der Waals surface area contributed by atoms with Crippen molar-refractivity contribution in [3.05, 3.63) is 59.2 Å². The van der Waals surface area contributed by atoms with Crippen LogP contribution in [0.2, 0.25) is 0 Å². The third kappa shape index (κ3) is 4.35. The van der Waals surface area contributed by atoms with Crippen molar-refractivity contribution in [1.29, 1.82) is 0 Å². The summed E-state index contributed by atoms with van der Waals surface area (Å²) in [6, 6.07) is 12.4. The Hall–Kier alpha value is -2.82. The Morgan fingerprint density at radius 1 is 1.08 bits per heavy atom. The average Bonchev–Trinajstić information content (AvgIpc) is 2.56. The monoisotopic (exact) mass is 326 g/mol. The van der Waals surface area contributed by atoms with Crippen molar-refractivity contribution in [1.82, 2.24) is 0 Å². The van der Waals surface area contributed by atoms with E-state index in [1.807, 2.05) is 44.2 Å². The number of hydrogen-bond acceptors (Lipinski definition) is 4. The maximum absolute atomic E-state index is 12.3. The first-order chi connectivity index (χ1) is 11.4. The predicted octanol–water partition coefficient (Wildman–Crippen LogP) is 3.53. The largest absolute Gasteiger partial charge is 0.465 e. The van der Waals surface area contributed by atoms with Gasteiger partial charge in [0.1, 0.15) is 6.04 Å². The molecule has 0 heterocycles. The number of benzene rings is 2. The molecule has 2 aromatic rings. The molecule has 0 radical (unpaired) electrons. The molecule has 0 saturated heterocycles. The summed E-state index contributed by atoms with van der Waals surface area (Å²) < 4.78 is 4.73. The number of methoxy groups -OCH3 is 1. The van der Waals surface area contributed by atoms with Crippen molar-refractivity contribution in [2.24, 2.45) is 0 Å². The quantitative estimate of drug-likeness (QED) is 0.825. The Morgan fingerprint density at radius 3 is 2.50 bits per heavy atom. The van der Waals surface area contributed by atoms with Crippen LogP contribution in [-0.4, -0.2) is 25.0 Å². The number of carbonyl (C=O) groups is 2. The number of nitrogens with one attached hydrogen (secondary N) is 2. The molecule has 1 amide bonds. The molecular formula is C19H22N2O3. The van der Waals surface area contributed by atoms with Crippen molar-refractivity contribution < 1.29 is 14.3 Å². The maximum atomic E-state index is 12.3.